The summed E-state index contributed by atoms with van der Waals surface area (Å²) in [4.78, 5) is 0. The van der Waals surface area contributed by atoms with Gasteiger partial charge >= 0.3 is 0 Å². The second kappa shape index (κ2) is 3.56. The third kappa shape index (κ3) is 1.84. The van der Waals surface area contributed by atoms with E-state index in [2.05, 4.69) is 31.4 Å². The van der Waals surface area contributed by atoms with Crippen LogP contribution in [0.2, 0.25) is 0 Å². The van der Waals surface area contributed by atoms with E-state index in [4.69, 9.17) is 0 Å². The topological polar surface area (TPSA) is 24.1 Å². The third-order valence-electron chi connectivity index (χ3n) is 2.26. The van der Waals surface area contributed by atoms with Crippen molar-refractivity contribution in [3.8, 4) is 0 Å². The highest BCUT2D eigenvalue weighted by Crippen LogP contribution is 2.14. The highest BCUT2D eigenvalue weighted by Gasteiger charge is 2.30. The molecule has 0 unspecified atom stereocenters. The van der Waals surface area contributed by atoms with Crippen LogP contribution in [0.5, 0.6) is 0 Å². The van der Waals surface area contributed by atoms with Crippen molar-refractivity contribution < 1.29 is 0 Å². The van der Waals surface area contributed by atoms with Crippen LogP contribution >= 0.6 is 12.4 Å². The van der Waals surface area contributed by atoms with E-state index in [1.165, 1.54) is 0 Å². The van der Waals surface area contributed by atoms with Crippen LogP contribution in [0.15, 0.2) is 0 Å². The summed E-state index contributed by atoms with van der Waals surface area (Å²) in [6.45, 7) is 8.88. The van der Waals surface area contributed by atoms with Gasteiger partial charge in [-0.25, -0.2) is 0 Å². The molecule has 0 aromatic carbocycles. The zero-order chi connectivity index (χ0) is 6.91. The van der Waals surface area contributed by atoms with E-state index in [0.717, 1.165) is 13.1 Å². The Labute approximate surface area is 69.2 Å². The van der Waals surface area contributed by atoms with E-state index in [0.29, 0.717) is 5.92 Å². The number of nitrogens with one attached hydrogen (secondary N) is 2. The van der Waals surface area contributed by atoms with Crippen LogP contribution in [0.4, 0.5) is 0 Å². The van der Waals surface area contributed by atoms with Gasteiger partial charge in [-0.1, -0.05) is 13.8 Å². The van der Waals surface area contributed by atoms with Crippen molar-refractivity contribution in [3.05, 3.63) is 0 Å². The van der Waals surface area contributed by atoms with E-state index >= 15 is 0 Å². The SMILES string of the molecule is CC(C)C1(C)NCCN1.Cl. The molecular weight excluding hydrogens is 148 g/mol. The second-order valence-electron chi connectivity index (χ2n) is 3.21. The molecule has 2 N–H and O–H groups in total. The van der Waals surface area contributed by atoms with Gasteiger partial charge in [-0.3, -0.25) is 10.6 Å². The number of halogens is 1. The lowest BCUT2D eigenvalue weighted by molar-refractivity contribution is 0.267. The Bertz CT molecular complexity index is 97.8. The van der Waals surface area contributed by atoms with E-state index in [1.54, 1.807) is 0 Å². The first-order valence-electron chi connectivity index (χ1n) is 3.65. The quantitative estimate of drug-likeness (QED) is 0.604. The first-order valence-corrected chi connectivity index (χ1v) is 3.65. The van der Waals surface area contributed by atoms with Crippen molar-refractivity contribution in [1.82, 2.24) is 10.6 Å². The summed E-state index contributed by atoms with van der Waals surface area (Å²) >= 11 is 0. The van der Waals surface area contributed by atoms with Gasteiger partial charge in [0.2, 0.25) is 0 Å². The van der Waals surface area contributed by atoms with Crippen LogP contribution in [0.3, 0.4) is 0 Å². The van der Waals surface area contributed by atoms with Crippen molar-refractivity contribution in [1.29, 1.82) is 0 Å². The van der Waals surface area contributed by atoms with E-state index in [1.807, 2.05) is 0 Å². The molecule has 0 bridgehead atoms. The highest BCUT2D eigenvalue weighted by molar-refractivity contribution is 5.85. The van der Waals surface area contributed by atoms with Gasteiger partial charge in [0, 0.05) is 13.1 Å². The molecule has 3 heteroatoms. The highest BCUT2D eigenvalue weighted by atomic mass is 35.5. The third-order valence-corrected chi connectivity index (χ3v) is 2.26. The lowest BCUT2D eigenvalue weighted by Gasteiger charge is -2.29. The van der Waals surface area contributed by atoms with Gasteiger partial charge in [0.25, 0.3) is 0 Å². The van der Waals surface area contributed by atoms with Crippen LogP contribution in [0, 0.1) is 5.92 Å². The monoisotopic (exact) mass is 164 g/mol. The van der Waals surface area contributed by atoms with Crippen molar-refractivity contribution in [2.75, 3.05) is 13.1 Å². The van der Waals surface area contributed by atoms with Crippen LogP contribution in [0.1, 0.15) is 20.8 Å². The van der Waals surface area contributed by atoms with Gasteiger partial charge in [-0.15, -0.1) is 12.4 Å². The molecule has 0 saturated carbocycles. The predicted octanol–water partition coefficient (Wildman–Crippen LogP) is 0.973. The van der Waals surface area contributed by atoms with Crippen LogP contribution in [-0.4, -0.2) is 18.8 Å². The largest absolute Gasteiger partial charge is 0.298 e. The Morgan fingerprint density at radius 2 is 1.60 bits per heavy atom. The molecule has 0 spiro atoms. The average molecular weight is 165 g/mol. The van der Waals surface area contributed by atoms with Gasteiger partial charge in [-0.05, 0) is 12.8 Å². The Morgan fingerprint density at radius 3 is 1.80 bits per heavy atom. The minimum Gasteiger partial charge on any atom is -0.298 e. The van der Waals surface area contributed by atoms with Crippen LogP contribution < -0.4 is 10.6 Å². The van der Waals surface area contributed by atoms with Crippen LogP contribution in [-0.2, 0) is 0 Å². The van der Waals surface area contributed by atoms with E-state index in [9.17, 15) is 0 Å². The molecule has 1 rings (SSSR count). The summed E-state index contributed by atoms with van der Waals surface area (Å²) < 4.78 is 0. The fourth-order valence-electron chi connectivity index (χ4n) is 1.12. The van der Waals surface area contributed by atoms with Crippen molar-refractivity contribution in [2.45, 2.75) is 26.4 Å². The van der Waals surface area contributed by atoms with E-state index < -0.39 is 0 Å². The summed E-state index contributed by atoms with van der Waals surface area (Å²) in [5, 5.41) is 6.84. The number of hydrogen-bond acceptors (Lipinski definition) is 2. The Balaban J connectivity index is 0.000000810. The molecule has 2 nitrogen and oxygen atoms in total. The zero-order valence-corrected chi connectivity index (χ0v) is 7.72. The van der Waals surface area contributed by atoms with Crippen LogP contribution in [0.25, 0.3) is 0 Å². The minimum absolute atomic E-state index is 0. The minimum atomic E-state index is 0. The molecule has 10 heavy (non-hydrogen) atoms. The Hall–Kier alpha value is 0.210. The first-order chi connectivity index (χ1) is 4.15. The van der Waals surface area contributed by atoms with Gasteiger partial charge in [0.15, 0.2) is 0 Å². The van der Waals surface area contributed by atoms with Crippen molar-refractivity contribution in [3.63, 3.8) is 0 Å². The van der Waals surface area contributed by atoms with E-state index in [-0.39, 0.29) is 18.1 Å². The molecule has 1 heterocycles. The summed E-state index contributed by atoms with van der Waals surface area (Å²) in [5.74, 6) is 0.667. The normalized spacial score (nSPS) is 22.8. The molecule has 0 aromatic heterocycles. The van der Waals surface area contributed by atoms with Gasteiger partial charge in [0.05, 0.1) is 5.66 Å². The molecule has 0 amide bonds. The predicted molar refractivity (Wildman–Crippen MR) is 46.5 cm³/mol. The maximum atomic E-state index is 3.42. The van der Waals surface area contributed by atoms with Gasteiger partial charge in [-0.2, -0.15) is 0 Å². The Kier molecular flexibility index (Phi) is 3.63. The molecular formula is C7H17ClN2. The molecule has 1 saturated heterocycles. The van der Waals surface area contributed by atoms with Crippen molar-refractivity contribution >= 4 is 12.4 Å². The summed E-state index contributed by atoms with van der Waals surface area (Å²) in [6.07, 6.45) is 0. The molecule has 1 fully saturated rings. The fraction of sp³-hybridized carbons (Fsp3) is 1.00. The maximum absolute atomic E-state index is 3.42. The zero-order valence-electron chi connectivity index (χ0n) is 6.90. The molecule has 0 radical (unpaired) electrons. The first kappa shape index (κ1) is 10.2. The average Bonchev–Trinajstić information content (AvgIpc) is 2.16. The summed E-state index contributed by atoms with van der Waals surface area (Å²) in [7, 11) is 0. The molecule has 0 aromatic rings. The molecule has 1 aliphatic heterocycles. The lowest BCUT2D eigenvalue weighted by atomic mass is 10.00. The Morgan fingerprint density at radius 1 is 1.20 bits per heavy atom. The van der Waals surface area contributed by atoms with Crippen molar-refractivity contribution in [2.24, 2.45) is 5.92 Å². The fourth-order valence-corrected chi connectivity index (χ4v) is 1.12. The molecule has 0 atom stereocenters. The maximum Gasteiger partial charge on any atom is 0.0682 e. The summed E-state index contributed by atoms with van der Waals surface area (Å²) in [5.41, 5.74) is 0.194. The number of rotatable bonds is 1. The number of hydrogen-bond donors (Lipinski definition) is 2. The second-order valence-corrected chi connectivity index (χ2v) is 3.21. The summed E-state index contributed by atoms with van der Waals surface area (Å²) in [6, 6.07) is 0. The molecule has 1 aliphatic rings. The molecule has 0 aliphatic carbocycles. The standard InChI is InChI=1S/C7H16N2.ClH/c1-6(2)7(3)8-4-5-9-7;/h6,8-9H,4-5H2,1-3H3;1H. The molecule has 62 valence electrons. The van der Waals surface area contributed by atoms with Gasteiger partial charge in [0.1, 0.15) is 0 Å². The van der Waals surface area contributed by atoms with Gasteiger partial charge < -0.3 is 0 Å². The lowest BCUT2D eigenvalue weighted by Crippen LogP contribution is -2.50. The smallest absolute Gasteiger partial charge is 0.0682 e.